The number of hydrogen-bond donors (Lipinski definition) is 1. The van der Waals surface area contributed by atoms with Crippen molar-refractivity contribution in [3.05, 3.63) is 29.3 Å². The first kappa shape index (κ1) is 17.6. The van der Waals surface area contributed by atoms with Gasteiger partial charge >= 0.3 is 11.9 Å². The van der Waals surface area contributed by atoms with E-state index in [0.29, 0.717) is 12.8 Å². The largest absolute Gasteiger partial charge is 0.508 e. The monoisotopic (exact) mass is 355 g/mol. The number of aromatic hydroxyl groups is 1. The van der Waals surface area contributed by atoms with Crippen LogP contribution in [0, 0.1) is 23.5 Å². The van der Waals surface area contributed by atoms with Gasteiger partial charge in [0.2, 0.25) is 0 Å². The minimum atomic E-state index is -1.13. The van der Waals surface area contributed by atoms with Crippen molar-refractivity contribution in [1.29, 1.82) is 0 Å². The first-order valence-corrected chi connectivity index (χ1v) is 7.98. The Morgan fingerprint density at radius 2 is 1.64 bits per heavy atom. The zero-order chi connectivity index (χ0) is 18.3. The highest BCUT2D eigenvalue weighted by Gasteiger charge is 2.59. The quantitative estimate of drug-likeness (QED) is 0.827. The summed E-state index contributed by atoms with van der Waals surface area (Å²) in [6.45, 7) is -0.105. The van der Waals surface area contributed by atoms with Crippen LogP contribution in [0.15, 0.2) is 12.1 Å². The Bertz CT molecular complexity index is 681. The van der Waals surface area contributed by atoms with Gasteiger partial charge in [0.1, 0.15) is 5.75 Å². The summed E-state index contributed by atoms with van der Waals surface area (Å²) >= 11 is 0. The van der Waals surface area contributed by atoms with Gasteiger partial charge in [-0.1, -0.05) is 0 Å². The van der Waals surface area contributed by atoms with E-state index in [4.69, 9.17) is 9.47 Å². The van der Waals surface area contributed by atoms with E-state index in [2.05, 4.69) is 0 Å². The summed E-state index contributed by atoms with van der Waals surface area (Å²) < 4.78 is 37.2. The van der Waals surface area contributed by atoms with E-state index < -0.39 is 35.4 Å². The molecule has 2 aliphatic rings. The first-order valence-electron chi connectivity index (χ1n) is 7.98. The second kappa shape index (κ2) is 6.59. The summed E-state index contributed by atoms with van der Waals surface area (Å²) in [5.74, 6) is -5.07. The molecule has 1 aromatic rings. The summed E-state index contributed by atoms with van der Waals surface area (Å²) in [4.78, 5) is 26.1. The van der Waals surface area contributed by atoms with Crippen molar-refractivity contribution in [2.24, 2.45) is 11.8 Å². The molecule has 25 heavy (non-hydrogen) atoms. The average Bonchev–Trinajstić information content (AvgIpc) is 3.15. The highest BCUT2D eigenvalue weighted by molar-refractivity contribution is 5.84. The third-order valence-corrected chi connectivity index (χ3v) is 5.28. The van der Waals surface area contributed by atoms with Gasteiger partial charge < -0.3 is 14.6 Å². The van der Waals surface area contributed by atoms with E-state index in [-0.39, 0.29) is 29.9 Å². The van der Waals surface area contributed by atoms with Gasteiger partial charge in [-0.3, -0.25) is 14.5 Å². The van der Waals surface area contributed by atoms with Crippen LogP contribution >= 0.6 is 0 Å². The molecule has 1 N–H and O–H groups in total. The number of hydrogen-bond acceptors (Lipinski definition) is 6. The molecule has 8 heteroatoms. The van der Waals surface area contributed by atoms with Gasteiger partial charge in [0.15, 0.2) is 11.6 Å². The molecule has 3 rings (SSSR count). The van der Waals surface area contributed by atoms with Crippen LogP contribution in [0.1, 0.15) is 18.4 Å². The predicted octanol–water partition coefficient (Wildman–Crippen LogP) is 1.60. The Morgan fingerprint density at radius 3 is 2.12 bits per heavy atom. The van der Waals surface area contributed by atoms with Gasteiger partial charge in [-0.25, -0.2) is 8.78 Å². The molecular weight excluding hydrogens is 336 g/mol. The molecule has 2 heterocycles. The Kier molecular flexibility index (Phi) is 4.64. The molecule has 0 amide bonds. The van der Waals surface area contributed by atoms with Crippen molar-refractivity contribution >= 4 is 11.9 Å². The van der Waals surface area contributed by atoms with Crippen molar-refractivity contribution in [2.75, 3.05) is 14.2 Å². The molecule has 0 saturated carbocycles. The van der Waals surface area contributed by atoms with Crippen LogP contribution < -0.4 is 0 Å². The zero-order valence-electron chi connectivity index (χ0n) is 13.9. The highest BCUT2D eigenvalue weighted by Crippen LogP contribution is 2.48. The number of rotatable bonds is 4. The summed E-state index contributed by atoms with van der Waals surface area (Å²) in [7, 11) is 2.48. The SMILES string of the molecule is COC(=O)C1C(C(=O)OC)C2CCC1N2Cc1c(O)ccc(F)c1F. The van der Waals surface area contributed by atoms with Crippen molar-refractivity contribution in [1.82, 2.24) is 4.90 Å². The number of phenols is 1. The maximum absolute atomic E-state index is 14.1. The summed E-state index contributed by atoms with van der Waals surface area (Å²) in [5, 5.41) is 9.89. The van der Waals surface area contributed by atoms with Crippen molar-refractivity contribution in [3.63, 3.8) is 0 Å². The fourth-order valence-corrected chi connectivity index (χ4v) is 4.20. The number of ether oxygens (including phenoxy) is 2. The number of phenolic OH excluding ortho intramolecular Hbond substituents is 1. The molecule has 0 spiro atoms. The lowest BCUT2D eigenvalue weighted by molar-refractivity contribution is -0.157. The van der Waals surface area contributed by atoms with Crippen molar-refractivity contribution in [2.45, 2.75) is 31.5 Å². The zero-order valence-corrected chi connectivity index (χ0v) is 13.9. The van der Waals surface area contributed by atoms with Crippen LogP contribution in [0.3, 0.4) is 0 Å². The Morgan fingerprint density at radius 1 is 1.12 bits per heavy atom. The standard InChI is InChI=1S/C17H19F2NO5/c1-24-16(22)13-10-4-5-11(14(13)17(23)25-2)20(10)7-8-12(21)6-3-9(18)15(8)19/h3,6,10-11,13-14,21H,4-5,7H2,1-2H3. The first-order chi connectivity index (χ1) is 11.9. The van der Waals surface area contributed by atoms with E-state index in [9.17, 15) is 23.5 Å². The van der Waals surface area contributed by atoms with Crippen LogP contribution in [0.4, 0.5) is 8.78 Å². The van der Waals surface area contributed by atoms with E-state index in [0.717, 1.165) is 12.1 Å². The molecule has 2 aliphatic heterocycles. The topological polar surface area (TPSA) is 76.1 Å². The lowest BCUT2D eigenvalue weighted by Crippen LogP contribution is -2.39. The minimum Gasteiger partial charge on any atom is -0.508 e. The molecular formula is C17H19F2NO5. The van der Waals surface area contributed by atoms with Gasteiger partial charge in [0.25, 0.3) is 0 Å². The fraction of sp³-hybridized carbons (Fsp3) is 0.529. The lowest BCUT2D eigenvalue weighted by Gasteiger charge is -2.24. The minimum absolute atomic E-state index is 0.105. The lowest BCUT2D eigenvalue weighted by atomic mass is 9.79. The summed E-state index contributed by atoms with van der Waals surface area (Å²) in [5.41, 5.74) is -0.189. The second-order valence-corrected chi connectivity index (χ2v) is 6.34. The number of nitrogens with zero attached hydrogens (tertiary/aromatic N) is 1. The van der Waals surface area contributed by atoms with Crippen LogP contribution in [0.5, 0.6) is 5.75 Å². The molecule has 0 aliphatic carbocycles. The van der Waals surface area contributed by atoms with Crippen LogP contribution in [-0.4, -0.2) is 48.2 Å². The predicted molar refractivity (Wildman–Crippen MR) is 81.4 cm³/mol. The molecule has 4 unspecified atom stereocenters. The third kappa shape index (κ3) is 2.74. The van der Waals surface area contributed by atoms with Crippen molar-refractivity contribution < 1.29 is 33.0 Å². The molecule has 0 radical (unpaired) electrons. The number of benzene rings is 1. The molecule has 2 bridgehead atoms. The Labute approximate surface area is 143 Å². The van der Waals surface area contributed by atoms with Crippen LogP contribution in [-0.2, 0) is 25.6 Å². The number of esters is 2. The number of halogens is 2. The number of carbonyl (C=O) groups excluding carboxylic acids is 2. The van der Waals surface area contributed by atoms with Crippen LogP contribution in [0.25, 0.3) is 0 Å². The Hall–Kier alpha value is -2.22. The third-order valence-electron chi connectivity index (χ3n) is 5.28. The van der Waals surface area contributed by atoms with Gasteiger partial charge in [0.05, 0.1) is 26.1 Å². The van der Waals surface area contributed by atoms with Gasteiger partial charge in [-0.2, -0.15) is 0 Å². The molecule has 2 saturated heterocycles. The van der Waals surface area contributed by atoms with E-state index in [1.807, 2.05) is 0 Å². The summed E-state index contributed by atoms with van der Waals surface area (Å²) in [6, 6.07) is 1.22. The van der Waals surface area contributed by atoms with E-state index >= 15 is 0 Å². The van der Waals surface area contributed by atoms with Gasteiger partial charge in [-0.15, -0.1) is 0 Å². The molecule has 6 nitrogen and oxygen atoms in total. The molecule has 2 fully saturated rings. The van der Waals surface area contributed by atoms with E-state index in [1.165, 1.54) is 14.2 Å². The summed E-state index contributed by atoms with van der Waals surface area (Å²) in [6.07, 6.45) is 1.24. The molecule has 136 valence electrons. The Balaban J connectivity index is 1.95. The van der Waals surface area contributed by atoms with Crippen molar-refractivity contribution in [3.8, 4) is 5.75 Å². The second-order valence-electron chi connectivity index (χ2n) is 6.34. The molecule has 4 atom stereocenters. The number of fused-ring (bicyclic) bond motifs is 2. The highest BCUT2D eigenvalue weighted by atomic mass is 19.2. The van der Waals surface area contributed by atoms with Gasteiger partial charge in [0, 0.05) is 24.2 Å². The number of carbonyl (C=O) groups is 2. The normalized spacial score (nSPS) is 28.2. The number of methoxy groups -OCH3 is 2. The molecule has 0 aromatic heterocycles. The smallest absolute Gasteiger partial charge is 0.311 e. The fourth-order valence-electron chi connectivity index (χ4n) is 4.20. The van der Waals surface area contributed by atoms with Gasteiger partial charge in [-0.05, 0) is 25.0 Å². The van der Waals surface area contributed by atoms with E-state index in [1.54, 1.807) is 4.90 Å². The maximum atomic E-state index is 14.1. The molecule has 1 aromatic carbocycles. The maximum Gasteiger partial charge on any atom is 0.311 e. The average molecular weight is 355 g/mol. The van der Waals surface area contributed by atoms with Crippen LogP contribution in [0.2, 0.25) is 0 Å².